The summed E-state index contributed by atoms with van der Waals surface area (Å²) in [6.45, 7) is 9.57. The van der Waals surface area contributed by atoms with E-state index >= 15 is 0 Å². The Morgan fingerprint density at radius 3 is 2.59 bits per heavy atom. The van der Waals surface area contributed by atoms with Crippen molar-refractivity contribution in [3.05, 3.63) is 40.3 Å². The normalized spacial score (nSPS) is 21.7. The van der Waals surface area contributed by atoms with Crippen LogP contribution in [0.2, 0.25) is 0 Å². The van der Waals surface area contributed by atoms with E-state index in [2.05, 4.69) is 18.9 Å². The molecule has 0 aliphatic carbocycles. The van der Waals surface area contributed by atoms with E-state index in [1.807, 2.05) is 36.1 Å². The lowest BCUT2D eigenvalue weighted by atomic mass is 9.91. The number of carbonyl (C=O) groups is 1. The lowest BCUT2D eigenvalue weighted by Crippen LogP contribution is -2.46. The van der Waals surface area contributed by atoms with E-state index in [0.717, 1.165) is 40.0 Å². The first-order chi connectivity index (χ1) is 12.9. The molecule has 0 bridgehead atoms. The van der Waals surface area contributed by atoms with Crippen LogP contribution >= 0.6 is 11.3 Å². The van der Waals surface area contributed by atoms with Crippen molar-refractivity contribution in [1.29, 1.82) is 0 Å². The fourth-order valence-corrected chi connectivity index (χ4v) is 5.49. The summed E-state index contributed by atoms with van der Waals surface area (Å²) in [4.78, 5) is 28.3. The lowest BCUT2D eigenvalue weighted by molar-refractivity contribution is -0.137. The van der Waals surface area contributed by atoms with Crippen LogP contribution in [0.5, 0.6) is 0 Å². The second-order valence-corrected chi connectivity index (χ2v) is 9.05. The Morgan fingerprint density at radius 2 is 1.89 bits per heavy atom. The van der Waals surface area contributed by atoms with E-state index in [1.165, 1.54) is 4.68 Å². The maximum absolute atomic E-state index is 13.2. The maximum Gasteiger partial charge on any atom is 0.276 e. The average Bonchev–Trinajstić information content (AvgIpc) is 3.03. The fourth-order valence-electron chi connectivity index (χ4n) is 4.35. The second kappa shape index (κ2) is 6.75. The summed E-state index contributed by atoms with van der Waals surface area (Å²) in [7, 11) is 0. The van der Waals surface area contributed by atoms with Crippen LogP contribution in [0.3, 0.4) is 0 Å². The molecule has 0 N–H and O–H groups in total. The quantitative estimate of drug-likeness (QED) is 0.672. The Hall–Kier alpha value is -2.21. The van der Waals surface area contributed by atoms with E-state index in [9.17, 15) is 9.59 Å². The third-order valence-corrected chi connectivity index (χ3v) is 6.79. The van der Waals surface area contributed by atoms with Crippen LogP contribution < -0.4 is 5.56 Å². The Balaban J connectivity index is 1.79. The molecule has 1 aromatic carbocycles. The molecule has 1 aliphatic rings. The Labute approximate surface area is 162 Å². The van der Waals surface area contributed by atoms with Gasteiger partial charge < -0.3 is 4.90 Å². The van der Waals surface area contributed by atoms with Gasteiger partial charge in [-0.2, -0.15) is 5.10 Å². The fraction of sp³-hybridized carbons (Fsp3) is 0.476. The molecule has 0 spiro atoms. The molecule has 0 unspecified atom stereocenters. The molecule has 1 fully saturated rings. The van der Waals surface area contributed by atoms with Gasteiger partial charge in [-0.1, -0.05) is 32.0 Å². The Bertz CT molecular complexity index is 1070. The standard InChI is InChI=1S/C21H25N3O2S/c1-12-9-13(2)11-23(10-12)20(25)15(4)24-21(26)18-16-7-5-6-8-17(16)27-19(18)14(3)22-24/h5-8,12-13,15H,9-11H2,1-4H3/t12-,13-,15+/m0/s1. The van der Waals surface area contributed by atoms with Gasteiger partial charge in [-0.15, -0.1) is 11.3 Å². The summed E-state index contributed by atoms with van der Waals surface area (Å²) in [6.07, 6.45) is 1.14. The van der Waals surface area contributed by atoms with Crippen molar-refractivity contribution in [3.8, 4) is 0 Å². The molecule has 0 saturated carbocycles. The van der Waals surface area contributed by atoms with Gasteiger partial charge in [0.2, 0.25) is 5.91 Å². The highest BCUT2D eigenvalue weighted by Crippen LogP contribution is 2.33. The van der Waals surface area contributed by atoms with Gasteiger partial charge in [0.25, 0.3) is 5.56 Å². The van der Waals surface area contributed by atoms with Crippen molar-refractivity contribution in [3.63, 3.8) is 0 Å². The minimum absolute atomic E-state index is 0.0127. The molecule has 0 radical (unpaired) electrons. The van der Waals surface area contributed by atoms with Crippen molar-refractivity contribution in [2.45, 2.75) is 40.2 Å². The van der Waals surface area contributed by atoms with Crippen LogP contribution in [0.4, 0.5) is 0 Å². The second-order valence-electron chi connectivity index (χ2n) is 8.00. The van der Waals surface area contributed by atoms with Gasteiger partial charge in [-0.25, -0.2) is 4.68 Å². The van der Waals surface area contributed by atoms with Crippen molar-refractivity contribution >= 4 is 37.4 Å². The molecular weight excluding hydrogens is 358 g/mol. The van der Waals surface area contributed by atoms with Gasteiger partial charge in [0, 0.05) is 23.2 Å². The molecule has 4 rings (SSSR count). The largest absolute Gasteiger partial charge is 0.340 e. The lowest BCUT2D eigenvalue weighted by Gasteiger charge is -2.36. The van der Waals surface area contributed by atoms with Gasteiger partial charge in [-0.3, -0.25) is 9.59 Å². The predicted octanol–water partition coefficient (Wildman–Crippen LogP) is 3.99. The maximum atomic E-state index is 13.2. The molecule has 5 nitrogen and oxygen atoms in total. The topological polar surface area (TPSA) is 55.2 Å². The number of benzene rings is 1. The van der Waals surface area contributed by atoms with Gasteiger partial charge in [-0.05, 0) is 38.2 Å². The zero-order chi connectivity index (χ0) is 19.3. The zero-order valence-electron chi connectivity index (χ0n) is 16.2. The van der Waals surface area contributed by atoms with Gasteiger partial charge in [0.15, 0.2) is 0 Å². The molecule has 1 saturated heterocycles. The number of rotatable bonds is 2. The van der Waals surface area contributed by atoms with Crippen molar-refractivity contribution < 1.29 is 4.79 Å². The first kappa shape index (κ1) is 18.2. The number of hydrogen-bond donors (Lipinski definition) is 0. The highest BCUT2D eigenvalue weighted by Gasteiger charge is 2.30. The summed E-state index contributed by atoms with van der Waals surface area (Å²) >= 11 is 1.59. The molecule has 2 aromatic heterocycles. The molecular formula is C21H25N3O2S. The number of fused-ring (bicyclic) bond motifs is 3. The van der Waals surface area contributed by atoms with E-state index in [4.69, 9.17) is 0 Å². The molecule has 6 heteroatoms. The monoisotopic (exact) mass is 383 g/mol. The minimum atomic E-state index is -0.600. The molecule has 3 heterocycles. The molecule has 3 atom stereocenters. The number of aryl methyl sites for hydroxylation is 1. The van der Waals surface area contributed by atoms with Gasteiger partial charge in [0.1, 0.15) is 6.04 Å². The third kappa shape index (κ3) is 3.06. The van der Waals surface area contributed by atoms with Crippen LogP contribution in [0.1, 0.15) is 38.9 Å². The highest BCUT2D eigenvalue weighted by atomic mass is 32.1. The number of thiophene rings is 1. The third-order valence-electron chi connectivity index (χ3n) is 5.51. The van der Waals surface area contributed by atoms with E-state index in [0.29, 0.717) is 17.2 Å². The van der Waals surface area contributed by atoms with Crippen molar-refractivity contribution in [1.82, 2.24) is 14.7 Å². The summed E-state index contributed by atoms with van der Waals surface area (Å²) in [5, 5.41) is 6.15. The van der Waals surface area contributed by atoms with Gasteiger partial charge >= 0.3 is 0 Å². The number of likely N-dealkylation sites (tertiary alicyclic amines) is 1. The highest BCUT2D eigenvalue weighted by molar-refractivity contribution is 7.26. The predicted molar refractivity (Wildman–Crippen MR) is 110 cm³/mol. The summed E-state index contributed by atoms with van der Waals surface area (Å²) in [6, 6.07) is 7.31. The van der Waals surface area contributed by atoms with Crippen LogP contribution in [0.15, 0.2) is 29.1 Å². The summed E-state index contributed by atoms with van der Waals surface area (Å²) in [5.74, 6) is 0.959. The average molecular weight is 384 g/mol. The van der Waals surface area contributed by atoms with Crippen LogP contribution in [-0.4, -0.2) is 33.7 Å². The molecule has 3 aromatic rings. The van der Waals surface area contributed by atoms with Crippen LogP contribution in [0, 0.1) is 18.8 Å². The molecule has 142 valence electrons. The number of amides is 1. The van der Waals surface area contributed by atoms with E-state index < -0.39 is 6.04 Å². The SMILES string of the molecule is Cc1nn([C@H](C)C(=O)N2C[C@@H](C)C[C@H](C)C2)c(=O)c2c1sc1ccccc12. The van der Waals surface area contributed by atoms with Crippen LogP contribution in [-0.2, 0) is 4.79 Å². The Morgan fingerprint density at radius 1 is 1.22 bits per heavy atom. The van der Waals surface area contributed by atoms with Crippen molar-refractivity contribution in [2.75, 3.05) is 13.1 Å². The number of hydrogen-bond acceptors (Lipinski definition) is 4. The van der Waals surface area contributed by atoms with Gasteiger partial charge in [0.05, 0.1) is 15.8 Å². The van der Waals surface area contributed by atoms with Crippen molar-refractivity contribution in [2.24, 2.45) is 11.8 Å². The first-order valence-corrected chi connectivity index (χ1v) is 10.4. The molecule has 27 heavy (non-hydrogen) atoms. The molecule has 1 amide bonds. The number of aromatic nitrogens is 2. The zero-order valence-corrected chi connectivity index (χ0v) is 17.0. The number of nitrogens with zero attached hydrogens (tertiary/aromatic N) is 3. The summed E-state index contributed by atoms with van der Waals surface area (Å²) < 4.78 is 3.38. The van der Waals surface area contributed by atoms with Crippen LogP contribution in [0.25, 0.3) is 20.2 Å². The number of piperidine rings is 1. The first-order valence-electron chi connectivity index (χ1n) is 9.56. The summed E-state index contributed by atoms with van der Waals surface area (Å²) in [5.41, 5.74) is 0.623. The smallest absolute Gasteiger partial charge is 0.276 e. The van der Waals surface area contributed by atoms with E-state index in [1.54, 1.807) is 18.3 Å². The van der Waals surface area contributed by atoms with E-state index in [-0.39, 0.29) is 11.5 Å². The Kier molecular flexibility index (Phi) is 4.54. The number of carbonyl (C=O) groups excluding carboxylic acids is 1. The molecule has 1 aliphatic heterocycles. The minimum Gasteiger partial charge on any atom is -0.340 e.